The van der Waals surface area contributed by atoms with Crippen molar-refractivity contribution in [3.05, 3.63) is 18.0 Å². The van der Waals surface area contributed by atoms with Gasteiger partial charge >= 0.3 is 0 Å². The molecular formula is C13H22N4O2. The Bertz CT molecular complexity index is 378. The van der Waals surface area contributed by atoms with Crippen LogP contribution in [0, 0.1) is 5.92 Å². The van der Waals surface area contributed by atoms with Crippen LogP contribution in [-0.4, -0.2) is 58.9 Å². The Kier molecular flexibility index (Phi) is 5.35. The van der Waals surface area contributed by atoms with E-state index < -0.39 is 0 Å². The van der Waals surface area contributed by atoms with Crippen LogP contribution >= 0.6 is 0 Å². The van der Waals surface area contributed by atoms with Crippen LogP contribution in [0.5, 0.6) is 0 Å². The molecule has 19 heavy (non-hydrogen) atoms. The lowest BCUT2D eigenvalue weighted by molar-refractivity contribution is -0.126. The molecule has 1 aromatic heterocycles. The number of nitrogens with one attached hydrogen (secondary N) is 2. The quantitative estimate of drug-likeness (QED) is 0.664. The Labute approximate surface area is 113 Å². The molecule has 1 amide bonds. The third kappa shape index (κ3) is 4.33. The molecule has 6 nitrogen and oxygen atoms in total. The van der Waals surface area contributed by atoms with E-state index in [0.717, 1.165) is 38.0 Å². The highest BCUT2D eigenvalue weighted by Gasteiger charge is 2.24. The van der Waals surface area contributed by atoms with Crippen molar-refractivity contribution in [2.75, 3.05) is 32.8 Å². The van der Waals surface area contributed by atoms with Crippen molar-refractivity contribution < 1.29 is 9.90 Å². The Morgan fingerprint density at radius 3 is 3.26 bits per heavy atom. The van der Waals surface area contributed by atoms with Gasteiger partial charge < -0.3 is 15.3 Å². The van der Waals surface area contributed by atoms with Crippen molar-refractivity contribution in [3.8, 4) is 0 Å². The smallest absolute Gasteiger partial charge is 0.224 e. The fourth-order valence-electron chi connectivity index (χ4n) is 2.50. The van der Waals surface area contributed by atoms with Gasteiger partial charge in [0.25, 0.3) is 0 Å². The first-order chi connectivity index (χ1) is 9.29. The SMILES string of the molecule is O=C(NCCc1ccn[nH]1)C1CCCN(CCO)C1. The summed E-state index contributed by atoms with van der Waals surface area (Å²) in [6, 6.07) is 1.91. The van der Waals surface area contributed by atoms with E-state index >= 15 is 0 Å². The predicted octanol–water partition coefficient (Wildman–Crippen LogP) is -0.227. The van der Waals surface area contributed by atoms with E-state index in [-0.39, 0.29) is 18.4 Å². The minimum atomic E-state index is 0.0575. The first kappa shape index (κ1) is 14.0. The lowest BCUT2D eigenvalue weighted by Crippen LogP contribution is -2.44. The molecule has 0 saturated carbocycles. The van der Waals surface area contributed by atoms with Gasteiger partial charge in [0.1, 0.15) is 0 Å². The number of nitrogens with zero attached hydrogens (tertiary/aromatic N) is 2. The zero-order valence-electron chi connectivity index (χ0n) is 11.1. The van der Waals surface area contributed by atoms with Crippen molar-refractivity contribution in [1.29, 1.82) is 0 Å². The third-order valence-electron chi connectivity index (χ3n) is 3.54. The molecule has 0 spiro atoms. The first-order valence-electron chi connectivity index (χ1n) is 6.89. The highest BCUT2D eigenvalue weighted by Crippen LogP contribution is 2.16. The molecule has 1 unspecified atom stereocenters. The van der Waals surface area contributed by atoms with Gasteiger partial charge in [0.15, 0.2) is 0 Å². The van der Waals surface area contributed by atoms with Crippen LogP contribution in [-0.2, 0) is 11.2 Å². The highest BCUT2D eigenvalue weighted by molar-refractivity contribution is 5.78. The minimum absolute atomic E-state index is 0.0575. The molecule has 6 heteroatoms. The molecule has 1 aliphatic rings. The number of H-pyrrole nitrogens is 1. The standard InChI is InChI=1S/C13H22N4O2/c18-9-8-17-7-1-2-11(10-17)13(19)14-5-3-12-4-6-15-16-12/h4,6,11,18H,1-3,5,7-10H2,(H,14,19)(H,15,16). The third-order valence-corrected chi connectivity index (χ3v) is 3.54. The van der Waals surface area contributed by atoms with Crippen LogP contribution in [0.3, 0.4) is 0 Å². The monoisotopic (exact) mass is 266 g/mol. The summed E-state index contributed by atoms with van der Waals surface area (Å²) in [4.78, 5) is 14.2. The van der Waals surface area contributed by atoms with Crippen LogP contribution in [0.2, 0.25) is 0 Å². The van der Waals surface area contributed by atoms with E-state index in [4.69, 9.17) is 5.11 Å². The van der Waals surface area contributed by atoms with E-state index in [0.29, 0.717) is 13.1 Å². The van der Waals surface area contributed by atoms with E-state index in [9.17, 15) is 4.79 Å². The summed E-state index contributed by atoms with van der Waals surface area (Å²) in [6.07, 6.45) is 4.46. The molecule has 0 aliphatic carbocycles. The highest BCUT2D eigenvalue weighted by atomic mass is 16.3. The molecule has 0 radical (unpaired) electrons. The number of β-amino-alcohol motifs (C(OH)–C–C–N with tert-alkyl or cyclic N) is 1. The molecule has 0 aromatic carbocycles. The number of amides is 1. The summed E-state index contributed by atoms with van der Waals surface area (Å²) in [5.41, 5.74) is 1.03. The Hall–Kier alpha value is -1.40. The summed E-state index contributed by atoms with van der Waals surface area (Å²) in [6.45, 7) is 3.21. The maximum absolute atomic E-state index is 12.1. The van der Waals surface area contributed by atoms with Gasteiger partial charge in [-0.2, -0.15) is 5.10 Å². The van der Waals surface area contributed by atoms with Crippen LogP contribution in [0.4, 0.5) is 0 Å². The van der Waals surface area contributed by atoms with Gasteiger partial charge in [-0.25, -0.2) is 0 Å². The number of hydrogen-bond donors (Lipinski definition) is 3. The molecule has 1 aromatic rings. The van der Waals surface area contributed by atoms with Gasteiger partial charge in [-0.05, 0) is 25.5 Å². The van der Waals surface area contributed by atoms with Gasteiger partial charge in [0, 0.05) is 37.9 Å². The van der Waals surface area contributed by atoms with Gasteiger partial charge in [0.05, 0.1) is 12.5 Å². The van der Waals surface area contributed by atoms with Crippen LogP contribution in [0.25, 0.3) is 0 Å². The molecule has 2 rings (SSSR count). The molecule has 1 atom stereocenters. The number of aromatic amines is 1. The molecule has 3 N–H and O–H groups in total. The van der Waals surface area contributed by atoms with Crippen LogP contribution in [0.15, 0.2) is 12.3 Å². The van der Waals surface area contributed by atoms with E-state index in [1.54, 1.807) is 6.20 Å². The number of hydrogen-bond acceptors (Lipinski definition) is 4. The summed E-state index contributed by atoms with van der Waals surface area (Å²) < 4.78 is 0. The zero-order valence-corrected chi connectivity index (χ0v) is 11.1. The van der Waals surface area contributed by atoms with Gasteiger partial charge in [-0.1, -0.05) is 0 Å². The fourth-order valence-corrected chi connectivity index (χ4v) is 2.50. The number of likely N-dealkylation sites (tertiary alicyclic amines) is 1. The Morgan fingerprint density at radius 1 is 1.63 bits per heavy atom. The van der Waals surface area contributed by atoms with Crippen molar-refractivity contribution in [2.24, 2.45) is 5.92 Å². The average molecular weight is 266 g/mol. The van der Waals surface area contributed by atoms with E-state index in [2.05, 4.69) is 20.4 Å². The molecule has 1 saturated heterocycles. The second-order valence-corrected chi connectivity index (χ2v) is 4.99. The second-order valence-electron chi connectivity index (χ2n) is 4.99. The number of aromatic nitrogens is 2. The number of carbonyl (C=O) groups is 1. The summed E-state index contributed by atoms with van der Waals surface area (Å²) >= 11 is 0. The maximum atomic E-state index is 12.1. The summed E-state index contributed by atoms with van der Waals surface area (Å²) in [5, 5.41) is 18.7. The Balaban J connectivity index is 1.70. The Morgan fingerprint density at radius 2 is 2.53 bits per heavy atom. The number of carbonyl (C=O) groups excluding carboxylic acids is 1. The largest absolute Gasteiger partial charge is 0.395 e. The minimum Gasteiger partial charge on any atom is -0.395 e. The molecule has 106 valence electrons. The first-order valence-corrected chi connectivity index (χ1v) is 6.89. The lowest BCUT2D eigenvalue weighted by atomic mass is 9.97. The lowest BCUT2D eigenvalue weighted by Gasteiger charge is -2.31. The molecule has 0 bridgehead atoms. The van der Waals surface area contributed by atoms with E-state index in [1.807, 2.05) is 6.07 Å². The van der Waals surface area contributed by atoms with Crippen molar-refractivity contribution in [3.63, 3.8) is 0 Å². The number of piperidine rings is 1. The van der Waals surface area contributed by atoms with Crippen molar-refractivity contribution in [2.45, 2.75) is 19.3 Å². The number of rotatable bonds is 6. The average Bonchev–Trinajstić information content (AvgIpc) is 2.92. The van der Waals surface area contributed by atoms with E-state index in [1.165, 1.54) is 0 Å². The number of aliphatic hydroxyl groups is 1. The molecule has 1 aliphatic heterocycles. The van der Waals surface area contributed by atoms with Gasteiger partial charge in [-0.3, -0.25) is 9.89 Å². The predicted molar refractivity (Wildman–Crippen MR) is 71.6 cm³/mol. The van der Waals surface area contributed by atoms with Crippen molar-refractivity contribution >= 4 is 5.91 Å². The van der Waals surface area contributed by atoms with Gasteiger partial charge in [0.2, 0.25) is 5.91 Å². The van der Waals surface area contributed by atoms with Crippen molar-refractivity contribution in [1.82, 2.24) is 20.4 Å². The fraction of sp³-hybridized carbons (Fsp3) is 0.692. The second kappa shape index (κ2) is 7.25. The molecular weight excluding hydrogens is 244 g/mol. The molecule has 2 heterocycles. The van der Waals surface area contributed by atoms with Crippen LogP contribution < -0.4 is 5.32 Å². The normalized spacial score (nSPS) is 20.4. The van der Waals surface area contributed by atoms with Gasteiger partial charge in [-0.15, -0.1) is 0 Å². The maximum Gasteiger partial charge on any atom is 0.224 e. The van der Waals surface area contributed by atoms with Crippen LogP contribution in [0.1, 0.15) is 18.5 Å². The summed E-state index contributed by atoms with van der Waals surface area (Å²) in [5.74, 6) is 0.184. The topological polar surface area (TPSA) is 81.2 Å². The number of aliphatic hydroxyl groups excluding tert-OH is 1. The molecule has 1 fully saturated rings. The zero-order chi connectivity index (χ0) is 13.5. The summed E-state index contributed by atoms with van der Waals surface area (Å²) in [7, 11) is 0.